The molecule has 0 amide bonds. The Morgan fingerprint density at radius 2 is 1.65 bits per heavy atom. The van der Waals surface area contributed by atoms with Crippen molar-refractivity contribution in [2.24, 2.45) is 10.3 Å². The molecule has 3 aromatic rings. The van der Waals surface area contributed by atoms with Gasteiger partial charge < -0.3 is 14.6 Å². The number of hydrogen-bond acceptors (Lipinski definition) is 8. The molecule has 0 aliphatic heterocycles. The van der Waals surface area contributed by atoms with E-state index >= 15 is 0 Å². The van der Waals surface area contributed by atoms with E-state index in [0.717, 1.165) is 16.7 Å². The van der Waals surface area contributed by atoms with E-state index in [1.165, 1.54) is 0 Å². The highest BCUT2D eigenvalue weighted by Crippen LogP contribution is 2.16. The molecule has 0 radical (unpaired) electrons. The van der Waals surface area contributed by atoms with Crippen LogP contribution in [0.4, 0.5) is 0 Å². The molecule has 0 aliphatic carbocycles. The Balaban J connectivity index is 1.59. The van der Waals surface area contributed by atoms with Gasteiger partial charge in [0.2, 0.25) is 0 Å². The Labute approximate surface area is 202 Å². The lowest BCUT2D eigenvalue weighted by Crippen LogP contribution is -2.03. The lowest BCUT2D eigenvalue weighted by Gasteiger charge is -2.04. The SMILES string of the molecule is [C-]#[N+]C(=NOSOOc1ccc(C)cc1)c1cccc(C(C#N)=NOCc2ccc(C)cc2)c1. The van der Waals surface area contributed by atoms with Gasteiger partial charge in [0, 0.05) is 11.1 Å². The number of rotatable bonds is 10. The molecular weight excluding hydrogens is 452 g/mol. The van der Waals surface area contributed by atoms with Crippen LogP contribution >= 0.6 is 12.3 Å². The van der Waals surface area contributed by atoms with Gasteiger partial charge in [0.15, 0.2) is 11.5 Å². The van der Waals surface area contributed by atoms with Gasteiger partial charge >= 0.3 is 18.2 Å². The number of hydrogen-bond donors (Lipinski definition) is 0. The molecule has 0 saturated carbocycles. The zero-order valence-electron chi connectivity index (χ0n) is 18.5. The molecule has 0 atom stereocenters. The van der Waals surface area contributed by atoms with Gasteiger partial charge in [-0.05, 0) is 31.5 Å². The van der Waals surface area contributed by atoms with E-state index in [1.807, 2.05) is 56.3 Å². The van der Waals surface area contributed by atoms with Crippen LogP contribution in [0, 0.1) is 31.8 Å². The minimum Gasteiger partial charge on any atom is -0.390 e. The maximum absolute atomic E-state index is 9.50. The van der Waals surface area contributed by atoms with Crippen LogP contribution in [-0.4, -0.2) is 11.5 Å². The van der Waals surface area contributed by atoms with Crippen LogP contribution < -0.4 is 4.89 Å². The minimum atomic E-state index is -0.0360. The maximum Gasteiger partial charge on any atom is 0.326 e. The fraction of sp³-hybridized carbons (Fsp3) is 0.120. The van der Waals surface area contributed by atoms with Crippen molar-refractivity contribution in [2.75, 3.05) is 0 Å². The smallest absolute Gasteiger partial charge is 0.326 e. The van der Waals surface area contributed by atoms with Crippen LogP contribution in [0.1, 0.15) is 27.8 Å². The van der Waals surface area contributed by atoms with Gasteiger partial charge in [0.05, 0.1) is 5.16 Å². The van der Waals surface area contributed by atoms with E-state index in [1.54, 1.807) is 36.4 Å². The monoisotopic (exact) mass is 472 g/mol. The van der Waals surface area contributed by atoms with E-state index in [-0.39, 0.29) is 18.2 Å². The molecule has 0 aromatic heterocycles. The molecule has 0 bridgehead atoms. The minimum absolute atomic E-state index is 0.0360. The summed E-state index contributed by atoms with van der Waals surface area (Å²) < 4.78 is 9.82. The normalized spacial score (nSPS) is 11.3. The van der Waals surface area contributed by atoms with E-state index < -0.39 is 0 Å². The number of amidine groups is 1. The van der Waals surface area contributed by atoms with Gasteiger partial charge in [-0.25, -0.2) is 4.28 Å². The summed E-state index contributed by atoms with van der Waals surface area (Å²) in [7, 11) is 0. The zero-order chi connectivity index (χ0) is 24.2. The number of aryl methyl sites for hydroxylation is 2. The van der Waals surface area contributed by atoms with E-state index in [2.05, 4.69) is 15.2 Å². The third-order valence-corrected chi connectivity index (χ3v) is 4.71. The highest BCUT2D eigenvalue weighted by Gasteiger charge is 2.11. The second kappa shape index (κ2) is 12.7. The third-order valence-electron chi connectivity index (χ3n) is 4.45. The average Bonchev–Trinajstić information content (AvgIpc) is 2.86. The third kappa shape index (κ3) is 7.38. The summed E-state index contributed by atoms with van der Waals surface area (Å²) in [4.78, 5) is 13.8. The first-order chi connectivity index (χ1) is 16.6. The molecule has 0 unspecified atom stereocenters. The van der Waals surface area contributed by atoms with Crippen LogP contribution in [0.2, 0.25) is 0 Å². The van der Waals surface area contributed by atoms with Crippen molar-refractivity contribution in [3.05, 3.63) is 112 Å². The second-order valence-electron chi connectivity index (χ2n) is 7.03. The molecule has 34 heavy (non-hydrogen) atoms. The molecule has 0 saturated heterocycles. The lowest BCUT2D eigenvalue weighted by molar-refractivity contribution is -0.0867. The predicted molar refractivity (Wildman–Crippen MR) is 129 cm³/mol. The summed E-state index contributed by atoms with van der Waals surface area (Å²) in [5.41, 5.74) is 4.16. The molecule has 8 nitrogen and oxygen atoms in total. The quantitative estimate of drug-likeness (QED) is 0.0692. The largest absolute Gasteiger partial charge is 0.390 e. The topological polar surface area (TPSA) is 89.8 Å². The maximum atomic E-state index is 9.50. The Morgan fingerprint density at radius 1 is 0.971 bits per heavy atom. The average molecular weight is 473 g/mol. The Morgan fingerprint density at radius 3 is 2.32 bits per heavy atom. The van der Waals surface area contributed by atoms with Crippen molar-refractivity contribution in [2.45, 2.75) is 20.5 Å². The summed E-state index contributed by atoms with van der Waals surface area (Å²) in [5, 5.41) is 17.2. The Kier molecular flexibility index (Phi) is 9.06. The van der Waals surface area contributed by atoms with Gasteiger partial charge in [-0.3, -0.25) is 0 Å². The molecule has 9 heteroatoms. The van der Waals surface area contributed by atoms with E-state index in [4.69, 9.17) is 24.9 Å². The summed E-state index contributed by atoms with van der Waals surface area (Å²) in [6, 6.07) is 23.7. The van der Waals surface area contributed by atoms with Crippen LogP contribution in [0.5, 0.6) is 5.75 Å². The number of benzene rings is 3. The molecule has 0 N–H and O–H groups in total. The summed E-state index contributed by atoms with van der Waals surface area (Å²) in [6.45, 7) is 11.6. The van der Waals surface area contributed by atoms with Crippen LogP contribution in [0.25, 0.3) is 4.85 Å². The number of oxime groups is 2. The van der Waals surface area contributed by atoms with Crippen molar-refractivity contribution in [1.82, 2.24) is 0 Å². The van der Waals surface area contributed by atoms with Crippen molar-refractivity contribution in [3.8, 4) is 11.8 Å². The fourth-order valence-corrected chi connectivity index (χ4v) is 2.88. The first-order valence-electron chi connectivity index (χ1n) is 10.0. The molecule has 0 heterocycles. The summed E-state index contributed by atoms with van der Waals surface area (Å²) >= 11 is 0.466. The molecule has 170 valence electrons. The number of nitrogens with zero attached hydrogens (tertiary/aromatic N) is 4. The summed E-state index contributed by atoms with van der Waals surface area (Å²) in [6.07, 6.45) is 0. The zero-order valence-corrected chi connectivity index (χ0v) is 19.3. The Hall–Kier alpha value is -4.31. The van der Waals surface area contributed by atoms with Crippen molar-refractivity contribution < 1.29 is 18.3 Å². The van der Waals surface area contributed by atoms with Crippen LogP contribution in [0.3, 0.4) is 0 Å². The first-order valence-corrected chi connectivity index (χ1v) is 10.7. The van der Waals surface area contributed by atoms with Gasteiger partial charge in [-0.2, -0.15) is 5.26 Å². The molecule has 0 fully saturated rings. The highest BCUT2D eigenvalue weighted by atomic mass is 32.2. The van der Waals surface area contributed by atoms with Gasteiger partial charge in [0.1, 0.15) is 12.7 Å². The van der Waals surface area contributed by atoms with Crippen LogP contribution in [-0.2, 0) is 20.1 Å². The molecular formula is C25H20N4O4S. The number of nitriles is 1. The van der Waals surface area contributed by atoms with Gasteiger partial charge in [0.25, 0.3) is 0 Å². The van der Waals surface area contributed by atoms with Crippen molar-refractivity contribution in [1.29, 1.82) is 5.26 Å². The summed E-state index contributed by atoms with van der Waals surface area (Å²) in [5.74, 6) is 0.461. The molecule has 0 spiro atoms. The van der Waals surface area contributed by atoms with Crippen molar-refractivity contribution in [3.63, 3.8) is 0 Å². The standard InChI is InChI=1S/C25H20N4O4S/c1-18-7-11-20(12-8-18)17-30-28-24(16-26)21-5-4-6-22(15-21)25(27-3)29-32-34-33-31-23-13-9-19(2)10-14-23/h4-15H,17H2,1-2H3. The van der Waals surface area contributed by atoms with E-state index in [9.17, 15) is 5.26 Å². The Bertz CT molecular complexity index is 1240. The molecule has 3 aromatic carbocycles. The van der Waals surface area contributed by atoms with Crippen LogP contribution in [0.15, 0.2) is 83.1 Å². The molecule has 3 rings (SSSR count). The van der Waals surface area contributed by atoms with Crippen molar-refractivity contribution >= 4 is 23.9 Å². The first kappa shape index (κ1) is 24.3. The predicted octanol–water partition coefficient (Wildman–Crippen LogP) is 5.92. The van der Waals surface area contributed by atoms with Gasteiger partial charge in [-0.1, -0.05) is 87.9 Å². The molecule has 0 aliphatic rings. The van der Waals surface area contributed by atoms with Gasteiger partial charge in [-0.15, -0.1) is 0 Å². The highest BCUT2D eigenvalue weighted by molar-refractivity contribution is 7.89. The second-order valence-corrected chi connectivity index (χ2v) is 7.45. The lowest BCUT2D eigenvalue weighted by atomic mass is 10.1. The van der Waals surface area contributed by atoms with E-state index in [0.29, 0.717) is 29.2 Å². The fourth-order valence-electron chi connectivity index (χ4n) is 2.65.